The van der Waals surface area contributed by atoms with Gasteiger partial charge in [0.25, 0.3) is 0 Å². The van der Waals surface area contributed by atoms with Crippen LogP contribution in [0.1, 0.15) is 86.6 Å². The molecule has 0 aliphatic carbocycles. The van der Waals surface area contributed by atoms with E-state index in [2.05, 4.69) is 15.0 Å². The molecule has 0 amide bonds. The van der Waals surface area contributed by atoms with Crippen LogP contribution in [0.4, 0.5) is 10.2 Å². The number of hydrogen-bond acceptors (Lipinski definition) is 7. The van der Waals surface area contributed by atoms with Gasteiger partial charge in [-0.05, 0) is 30.2 Å². The molecule has 7 nitrogen and oxygen atoms in total. The highest BCUT2D eigenvalue weighted by Gasteiger charge is 2.40. The zero-order valence-corrected chi connectivity index (χ0v) is 24.6. The second-order valence-corrected chi connectivity index (χ2v) is 7.59. The van der Waals surface area contributed by atoms with Gasteiger partial charge in [0.1, 0.15) is 17.2 Å². The van der Waals surface area contributed by atoms with E-state index in [1.165, 1.54) is 0 Å². The zero-order valence-electron chi connectivity index (χ0n) is 24.6. The van der Waals surface area contributed by atoms with E-state index in [0.717, 1.165) is 35.8 Å². The minimum Gasteiger partial charge on any atom is -0.356 e. The lowest BCUT2D eigenvalue weighted by Gasteiger charge is -2.38. The van der Waals surface area contributed by atoms with E-state index in [-0.39, 0.29) is 5.82 Å². The van der Waals surface area contributed by atoms with Gasteiger partial charge in [-0.25, -0.2) is 9.37 Å². The summed E-state index contributed by atoms with van der Waals surface area (Å²) in [4.78, 5) is 11.2. The molecule has 1 spiro atoms. The maximum absolute atomic E-state index is 14.8. The average molecular weight is 519 g/mol. The standard InChI is InChI=1S/C21H23FN4O3.4C2H6/c1-3-14-10-15-12-16(19-23-13(2)29-25-19)20(24-18(15)17(22)11-14)26-6-4-21(5-7-26)27-8-9-28-21;4*1-2/h10-12H,3-9H2,1-2H3;4*1-2H3. The predicted octanol–water partition coefficient (Wildman–Crippen LogP) is 7.74. The molecule has 2 aliphatic heterocycles. The lowest BCUT2D eigenvalue weighted by atomic mass is 10.0. The first-order valence-corrected chi connectivity index (χ1v) is 14.0. The maximum atomic E-state index is 14.8. The van der Waals surface area contributed by atoms with Crippen LogP contribution < -0.4 is 4.90 Å². The summed E-state index contributed by atoms with van der Waals surface area (Å²) in [6.45, 7) is 22.4. The van der Waals surface area contributed by atoms with Crippen LogP contribution in [0.2, 0.25) is 0 Å². The number of aryl methyl sites for hydroxylation is 2. The number of ether oxygens (including phenoxy) is 2. The zero-order chi connectivity index (χ0) is 28.0. The third kappa shape index (κ3) is 7.71. The van der Waals surface area contributed by atoms with Crippen LogP contribution in [-0.4, -0.2) is 47.2 Å². The van der Waals surface area contributed by atoms with Gasteiger partial charge in [0.15, 0.2) is 5.79 Å². The highest BCUT2D eigenvalue weighted by atomic mass is 19.1. The maximum Gasteiger partial charge on any atom is 0.223 e. The lowest BCUT2D eigenvalue weighted by molar-refractivity contribution is -0.169. The molecule has 0 saturated carbocycles. The Morgan fingerprint density at radius 2 is 1.49 bits per heavy atom. The molecular weight excluding hydrogens is 471 g/mol. The summed E-state index contributed by atoms with van der Waals surface area (Å²) >= 11 is 0. The number of nitrogens with zero attached hydrogens (tertiary/aromatic N) is 4. The van der Waals surface area contributed by atoms with Gasteiger partial charge in [-0.1, -0.05) is 67.5 Å². The van der Waals surface area contributed by atoms with Gasteiger partial charge in [-0.2, -0.15) is 4.98 Å². The summed E-state index contributed by atoms with van der Waals surface area (Å²) in [6, 6.07) is 5.44. The van der Waals surface area contributed by atoms with E-state index in [4.69, 9.17) is 19.0 Å². The van der Waals surface area contributed by atoms with Crippen LogP contribution in [0.5, 0.6) is 0 Å². The molecule has 2 fully saturated rings. The van der Waals surface area contributed by atoms with Crippen LogP contribution in [0.3, 0.4) is 0 Å². The second kappa shape index (κ2) is 16.3. The summed E-state index contributed by atoms with van der Waals surface area (Å²) in [5, 5.41) is 4.82. The van der Waals surface area contributed by atoms with Crippen molar-refractivity contribution in [3.8, 4) is 11.4 Å². The fourth-order valence-corrected chi connectivity index (χ4v) is 4.16. The Labute approximate surface area is 222 Å². The molecule has 208 valence electrons. The van der Waals surface area contributed by atoms with Crippen LogP contribution in [0.15, 0.2) is 22.7 Å². The smallest absolute Gasteiger partial charge is 0.223 e. The number of halogens is 1. The van der Waals surface area contributed by atoms with Crippen LogP contribution in [-0.2, 0) is 15.9 Å². The van der Waals surface area contributed by atoms with Crippen LogP contribution in [0, 0.1) is 12.7 Å². The Bertz CT molecular complexity index is 1050. The third-order valence-electron chi connectivity index (χ3n) is 5.73. The van der Waals surface area contributed by atoms with E-state index in [1.807, 2.05) is 74.4 Å². The fourth-order valence-electron chi connectivity index (χ4n) is 4.16. The van der Waals surface area contributed by atoms with Crippen molar-refractivity contribution in [2.75, 3.05) is 31.2 Å². The molecule has 2 aromatic heterocycles. The van der Waals surface area contributed by atoms with Gasteiger partial charge in [0.05, 0.1) is 18.8 Å². The molecule has 2 saturated heterocycles. The monoisotopic (exact) mass is 518 g/mol. The van der Waals surface area contributed by atoms with Gasteiger partial charge < -0.3 is 18.9 Å². The highest BCUT2D eigenvalue weighted by Crippen LogP contribution is 2.37. The van der Waals surface area contributed by atoms with Crippen molar-refractivity contribution < 1.29 is 18.4 Å². The summed E-state index contributed by atoms with van der Waals surface area (Å²) in [7, 11) is 0. The lowest BCUT2D eigenvalue weighted by Crippen LogP contribution is -2.45. The quantitative estimate of drug-likeness (QED) is 0.351. The van der Waals surface area contributed by atoms with Crippen molar-refractivity contribution in [1.29, 1.82) is 0 Å². The molecule has 0 N–H and O–H groups in total. The van der Waals surface area contributed by atoms with E-state index < -0.39 is 5.79 Å². The number of pyridine rings is 1. The van der Waals surface area contributed by atoms with Gasteiger partial charge in [0, 0.05) is 38.2 Å². The molecule has 3 aromatic rings. The van der Waals surface area contributed by atoms with E-state index in [9.17, 15) is 4.39 Å². The Morgan fingerprint density at radius 1 is 0.892 bits per heavy atom. The Hall–Kier alpha value is -2.58. The Kier molecular flexibility index (Phi) is 14.3. The second-order valence-electron chi connectivity index (χ2n) is 7.59. The molecule has 4 heterocycles. The van der Waals surface area contributed by atoms with Gasteiger partial charge >= 0.3 is 0 Å². The Balaban J connectivity index is 0.000000784. The number of hydrogen-bond donors (Lipinski definition) is 0. The van der Waals surface area contributed by atoms with E-state index in [0.29, 0.717) is 49.4 Å². The van der Waals surface area contributed by atoms with Crippen molar-refractivity contribution in [2.45, 2.75) is 94.3 Å². The SMILES string of the molecule is CC.CC.CC.CC.CCc1cc(F)c2nc(N3CCC4(CC3)OCCO4)c(-c3noc(C)n3)cc2c1. The summed E-state index contributed by atoms with van der Waals surface area (Å²) < 4.78 is 31.6. The minimum atomic E-state index is -0.489. The largest absolute Gasteiger partial charge is 0.356 e. The van der Waals surface area contributed by atoms with Gasteiger partial charge in [0.2, 0.25) is 11.7 Å². The average Bonchev–Trinajstić information content (AvgIpc) is 3.62. The minimum absolute atomic E-state index is 0.313. The van der Waals surface area contributed by atoms with Crippen molar-refractivity contribution in [1.82, 2.24) is 15.1 Å². The summed E-state index contributed by atoms with van der Waals surface area (Å²) in [5.41, 5.74) is 2.02. The summed E-state index contributed by atoms with van der Waals surface area (Å²) in [5.74, 6) is 0.798. The molecule has 0 bridgehead atoms. The number of anilines is 1. The predicted molar refractivity (Wildman–Crippen MR) is 151 cm³/mol. The number of rotatable bonds is 3. The van der Waals surface area contributed by atoms with Crippen molar-refractivity contribution in [2.24, 2.45) is 0 Å². The number of aromatic nitrogens is 3. The van der Waals surface area contributed by atoms with Gasteiger partial charge in [-0.15, -0.1) is 0 Å². The topological polar surface area (TPSA) is 73.5 Å². The summed E-state index contributed by atoms with van der Waals surface area (Å²) in [6.07, 6.45) is 2.21. The van der Waals surface area contributed by atoms with Crippen molar-refractivity contribution in [3.05, 3.63) is 35.5 Å². The molecule has 2 aliphatic rings. The number of piperidine rings is 1. The van der Waals surface area contributed by atoms with Crippen LogP contribution >= 0.6 is 0 Å². The third-order valence-corrected chi connectivity index (χ3v) is 5.73. The molecule has 37 heavy (non-hydrogen) atoms. The molecule has 0 unspecified atom stereocenters. The molecule has 8 heteroatoms. The molecular formula is C29H47FN4O3. The van der Waals surface area contributed by atoms with E-state index in [1.54, 1.807) is 13.0 Å². The Morgan fingerprint density at radius 3 is 2.00 bits per heavy atom. The van der Waals surface area contributed by atoms with Crippen molar-refractivity contribution in [3.63, 3.8) is 0 Å². The first-order valence-electron chi connectivity index (χ1n) is 14.0. The first-order chi connectivity index (χ1) is 18.1. The molecule has 0 radical (unpaired) electrons. The number of fused-ring (bicyclic) bond motifs is 1. The first kappa shape index (κ1) is 32.4. The normalized spacial score (nSPS) is 15.4. The number of benzene rings is 1. The van der Waals surface area contributed by atoms with Gasteiger partial charge in [-0.3, -0.25) is 0 Å². The molecule has 1 aromatic carbocycles. The molecule has 0 atom stereocenters. The fraction of sp³-hybridized carbons (Fsp3) is 0.621. The van der Waals surface area contributed by atoms with Crippen LogP contribution in [0.25, 0.3) is 22.3 Å². The van der Waals surface area contributed by atoms with Crippen molar-refractivity contribution >= 4 is 16.7 Å². The molecule has 5 rings (SSSR count). The van der Waals surface area contributed by atoms with E-state index >= 15 is 0 Å². The highest BCUT2D eigenvalue weighted by molar-refractivity contribution is 5.89.